The third kappa shape index (κ3) is 3.99. The number of furan rings is 1. The second-order valence-corrected chi connectivity index (χ2v) is 9.05. The predicted octanol–water partition coefficient (Wildman–Crippen LogP) is 6.56. The van der Waals surface area contributed by atoms with Crippen molar-refractivity contribution >= 4 is 37.8 Å². The van der Waals surface area contributed by atoms with Crippen LogP contribution in [0, 0.1) is 0 Å². The SMILES string of the molecule is Brc1ccc(CCCc2nc(-c3cc4ccccc4o3)nn2-c2cnnc3ccccc23)cc1. The van der Waals surface area contributed by atoms with E-state index in [1.165, 1.54) is 5.56 Å². The summed E-state index contributed by atoms with van der Waals surface area (Å²) in [6.07, 6.45) is 4.41. The van der Waals surface area contributed by atoms with E-state index in [0.717, 1.165) is 57.1 Å². The van der Waals surface area contributed by atoms with Crippen molar-refractivity contribution in [1.29, 1.82) is 0 Å². The lowest BCUT2D eigenvalue weighted by Crippen LogP contribution is -2.06. The average Bonchev–Trinajstić information content (AvgIpc) is 3.49. The lowest BCUT2D eigenvalue weighted by atomic mass is 10.1. The van der Waals surface area contributed by atoms with E-state index in [-0.39, 0.29) is 0 Å². The summed E-state index contributed by atoms with van der Waals surface area (Å²) in [5, 5.41) is 15.4. The van der Waals surface area contributed by atoms with Crippen LogP contribution in [0.15, 0.2) is 93.9 Å². The molecule has 7 heteroatoms. The Morgan fingerprint density at radius 2 is 1.71 bits per heavy atom. The van der Waals surface area contributed by atoms with Gasteiger partial charge in [0.1, 0.15) is 11.4 Å². The lowest BCUT2D eigenvalue weighted by molar-refractivity contribution is 0.624. The lowest BCUT2D eigenvalue weighted by Gasteiger charge is -2.08. The average molecular weight is 510 g/mol. The molecule has 3 aromatic heterocycles. The molecule has 0 saturated carbocycles. The Labute approximate surface area is 204 Å². The van der Waals surface area contributed by atoms with Crippen LogP contribution in [0.2, 0.25) is 0 Å². The van der Waals surface area contributed by atoms with Crippen LogP contribution >= 0.6 is 15.9 Å². The Morgan fingerprint density at radius 1 is 0.882 bits per heavy atom. The summed E-state index contributed by atoms with van der Waals surface area (Å²) >= 11 is 3.50. The Kier molecular flexibility index (Phi) is 5.39. The van der Waals surface area contributed by atoms with Crippen LogP contribution in [0.3, 0.4) is 0 Å². The number of rotatable bonds is 6. The van der Waals surface area contributed by atoms with Gasteiger partial charge in [0.25, 0.3) is 0 Å². The van der Waals surface area contributed by atoms with Crippen LogP contribution in [-0.2, 0) is 12.8 Å². The van der Waals surface area contributed by atoms with E-state index in [9.17, 15) is 0 Å². The molecule has 0 aliphatic heterocycles. The summed E-state index contributed by atoms with van der Waals surface area (Å²) in [7, 11) is 0. The highest BCUT2D eigenvalue weighted by Gasteiger charge is 2.18. The quantitative estimate of drug-likeness (QED) is 0.254. The van der Waals surface area contributed by atoms with E-state index >= 15 is 0 Å². The zero-order chi connectivity index (χ0) is 22.9. The molecule has 0 atom stereocenters. The van der Waals surface area contributed by atoms with E-state index in [1.807, 2.05) is 59.3 Å². The van der Waals surface area contributed by atoms with Gasteiger partial charge in [0.2, 0.25) is 5.82 Å². The zero-order valence-corrected chi connectivity index (χ0v) is 19.8. The summed E-state index contributed by atoms with van der Waals surface area (Å²) in [6, 6.07) is 26.3. The first-order valence-corrected chi connectivity index (χ1v) is 11.9. The third-order valence-corrected chi connectivity index (χ3v) is 6.38. The number of benzene rings is 3. The van der Waals surface area contributed by atoms with Crippen LogP contribution in [0.25, 0.3) is 39.1 Å². The van der Waals surface area contributed by atoms with Gasteiger partial charge in [-0.25, -0.2) is 9.67 Å². The van der Waals surface area contributed by atoms with Crippen molar-refractivity contribution in [2.45, 2.75) is 19.3 Å². The van der Waals surface area contributed by atoms with E-state index in [1.54, 1.807) is 6.20 Å². The smallest absolute Gasteiger partial charge is 0.217 e. The van der Waals surface area contributed by atoms with Gasteiger partial charge in [-0.2, -0.15) is 10.2 Å². The molecular weight excluding hydrogens is 490 g/mol. The Balaban J connectivity index is 1.40. The molecular formula is C27H20BrN5O. The maximum atomic E-state index is 6.06. The molecule has 6 aromatic rings. The van der Waals surface area contributed by atoms with Crippen molar-refractivity contribution < 1.29 is 4.42 Å². The molecule has 0 fully saturated rings. The van der Waals surface area contributed by atoms with Gasteiger partial charge in [-0.1, -0.05) is 64.5 Å². The molecule has 0 aliphatic rings. The topological polar surface area (TPSA) is 69.6 Å². The first-order chi connectivity index (χ1) is 16.7. The Bertz CT molecular complexity index is 1560. The minimum atomic E-state index is 0.565. The van der Waals surface area contributed by atoms with Gasteiger partial charge >= 0.3 is 0 Å². The second-order valence-electron chi connectivity index (χ2n) is 8.14. The fourth-order valence-corrected chi connectivity index (χ4v) is 4.42. The summed E-state index contributed by atoms with van der Waals surface area (Å²) < 4.78 is 9.04. The molecule has 166 valence electrons. The highest BCUT2D eigenvalue weighted by atomic mass is 79.9. The van der Waals surface area contributed by atoms with Crippen LogP contribution in [0.5, 0.6) is 0 Å². The number of hydrogen-bond donors (Lipinski definition) is 0. The fraction of sp³-hybridized carbons (Fsp3) is 0.111. The van der Waals surface area contributed by atoms with Gasteiger partial charge in [-0.3, -0.25) is 0 Å². The summed E-state index contributed by atoms with van der Waals surface area (Å²) in [6.45, 7) is 0. The second kappa shape index (κ2) is 8.83. The zero-order valence-electron chi connectivity index (χ0n) is 18.2. The minimum absolute atomic E-state index is 0.565. The molecule has 0 N–H and O–H groups in total. The number of aryl methyl sites for hydroxylation is 2. The van der Waals surface area contributed by atoms with Crippen LogP contribution in [-0.4, -0.2) is 25.0 Å². The van der Waals surface area contributed by atoms with Crippen molar-refractivity contribution in [1.82, 2.24) is 25.0 Å². The highest BCUT2D eigenvalue weighted by molar-refractivity contribution is 9.10. The van der Waals surface area contributed by atoms with Crippen molar-refractivity contribution in [3.8, 4) is 17.3 Å². The maximum Gasteiger partial charge on any atom is 0.217 e. The molecule has 3 aromatic carbocycles. The molecule has 0 bridgehead atoms. The predicted molar refractivity (Wildman–Crippen MR) is 136 cm³/mol. The molecule has 0 spiro atoms. The fourth-order valence-electron chi connectivity index (χ4n) is 4.16. The molecule has 0 radical (unpaired) electrons. The number of nitrogens with zero attached hydrogens (tertiary/aromatic N) is 5. The van der Waals surface area contributed by atoms with Crippen LogP contribution in [0.1, 0.15) is 17.8 Å². The number of para-hydroxylation sites is 1. The number of hydrogen-bond acceptors (Lipinski definition) is 5. The molecule has 6 rings (SSSR count). The highest BCUT2D eigenvalue weighted by Crippen LogP contribution is 2.28. The Hall–Kier alpha value is -3.84. The van der Waals surface area contributed by atoms with Crippen LogP contribution < -0.4 is 0 Å². The van der Waals surface area contributed by atoms with Gasteiger partial charge in [-0.05, 0) is 48.7 Å². The maximum absolute atomic E-state index is 6.06. The largest absolute Gasteiger partial charge is 0.453 e. The summed E-state index contributed by atoms with van der Waals surface area (Å²) in [5.74, 6) is 2.09. The molecule has 0 aliphatic carbocycles. The number of fused-ring (bicyclic) bond motifs is 2. The van der Waals surface area contributed by atoms with Crippen molar-refractivity contribution in [3.05, 3.63) is 101 Å². The summed E-state index contributed by atoms with van der Waals surface area (Å²) in [4.78, 5) is 4.91. The minimum Gasteiger partial charge on any atom is -0.453 e. The normalized spacial score (nSPS) is 11.4. The van der Waals surface area contributed by atoms with Crippen molar-refractivity contribution in [3.63, 3.8) is 0 Å². The van der Waals surface area contributed by atoms with Crippen molar-refractivity contribution in [2.24, 2.45) is 0 Å². The molecule has 0 amide bonds. The number of halogens is 1. The number of aromatic nitrogens is 5. The van der Waals surface area contributed by atoms with Crippen molar-refractivity contribution in [2.75, 3.05) is 0 Å². The van der Waals surface area contributed by atoms with Gasteiger partial charge in [0.15, 0.2) is 5.76 Å². The Morgan fingerprint density at radius 3 is 2.59 bits per heavy atom. The van der Waals surface area contributed by atoms with Gasteiger partial charge in [0.05, 0.1) is 17.4 Å². The molecule has 0 saturated heterocycles. The molecule has 3 heterocycles. The monoisotopic (exact) mass is 509 g/mol. The summed E-state index contributed by atoms with van der Waals surface area (Å²) in [5.41, 5.74) is 3.80. The molecule has 0 unspecified atom stereocenters. The van der Waals surface area contributed by atoms with E-state index in [2.05, 4.69) is 50.4 Å². The standard InChI is InChI=1S/C27H20BrN5O/c28-20-14-12-18(13-15-20)6-5-11-26-30-27(25-16-19-7-1-4-10-24(19)34-25)32-33(26)23-17-29-31-22-9-3-2-8-21(22)23/h1-4,7-10,12-17H,5-6,11H2. The van der Waals surface area contributed by atoms with Gasteiger partial charge < -0.3 is 4.42 Å². The van der Waals surface area contributed by atoms with Gasteiger partial charge in [-0.15, -0.1) is 5.10 Å². The first-order valence-electron chi connectivity index (χ1n) is 11.1. The molecule has 6 nitrogen and oxygen atoms in total. The van der Waals surface area contributed by atoms with Gasteiger partial charge in [0, 0.05) is 21.7 Å². The third-order valence-electron chi connectivity index (χ3n) is 5.85. The van der Waals surface area contributed by atoms with E-state index in [0.29, 0.717) is 11.6 Å². The van der Waals surface area contributed by atoms with Crippen LogP contribution in [0.4, 0.5) is 0 Å². The van der Waals surface area contributed by atoms with E-state index in [4.69, 9.17) is 14.5 Å². The van der Waals surface area contributed by atoms with E-state index < -0.39 is 0 Å². The molecule has 34 heavy (non-hydrogen) atoms. The first kappa shape index (κ1) is 20.7.